The molecule has 1 fully saturated rings. The quantitative estimate of drug-likeness (QED) is 0.836. The van der Waals surface area contributed by atoms with Crippen LogP contribution in [0, 0.1) is 5.92 Å². The average Bonchev–Trinajstić information content (AvgIpc) is 2.43. The van der Waals surface area contributed by atoms with Gasteiger partial charge in [-0.15, -0.1) is 0 Å². The lowest BCUT2D eigenvalue weighted by atomic mass is 9.96. The Bertz CT molecular complexity index is 461. The van der Waals surface area contributed by atoms with Gasteiger partial charge in [-0.3, -0.25) is 9.69 Å². The van der Waals surface area contributed by atoms with Gasteiger partial charge in [0.1, 0.15) is 12.4 Å². The monoisotopic (exact) mass is 277 g/mol. The van der Waals surface area contributed by atoms with E-state index in [4.69, 9.17) is 4.74 Å². The molecule has 0 saturated carbocycles. The van der Waals surface area contributed by atoms with Gasteiger partial charge in [0.15, 0.2) is 5.78 Å². The summed E-state index contributed by atoms with van der Waals surface area (Å²) in [5.41, 5.74) is 0.625. The summed E-state index contributed by atoms with van der Waals surface area (Å²) in [4.78, 5) is 13.7. The Morgan fingerprint density at radius 3 is 2.90 bits per heavy atom. The van der Waals surface area contributed by atoms with E-state index in [0.29, 0.717) is 30.4 Å². The molecule has 0 aliphatic carbocycles. The molecule has 0 aromatic heterocycles. The van der Waals surface area contributed by atoms with Gasteiger partial charge in [0, 0.05) is 13.1 Å². The van der Waals surface area contributed by atoms with Crippen LogP contribution in [-0.2, 0) is 0 Å². The van der Waals surface area contributed by atoms with Crippen LogP contribution in [0.4, 0.5) is 0 Å². The molecule has 0 radical (unpaired) electrons. The summed E-state index contributed by atoms with van der Waals surface area (Å²) in [6.07, 6.45) is 0.777. The van der Waals surface area contributed by atoms with Crippen LogP contribution in [0.25, 0.3) is 0 Å². The van der Waals surface area contributed by atoms with Gasteiger partial charge in [0.05, 0.1) is 11.7 Å². The van der Waals surface area contributed by atoms with Crippen LogP contribution in [0.3, 0.4) is 0 Å². The third-order valence-electron chi connectivity index (χ3n) is 3.93. The van der Waals surface area contributed by atoms with Crippen molar-refractivity contribution >= 4 is 5.78 Å². The molecule has 2 unspecified atom stereocenters. The van der Waals surface area contributed by atoms with Crippen LogP contribution in [0.2, 0.25) is 0 Å². The number of hydrogen-bond acceptors (Lipinski definition) is 4. The number of ketones is 1. The molecular formula is C16H23NO3. The zero-order valence-corrected chi connectivity index (χ0v) is 12.2. The standard InChI is InChI=1S/C16H23NO3/c1-12-7-8-17(11-15(12)19)9-10-20-16-6-4-3-5-14(16)13(2)18/h3-6,12,15,19H,7-11H2,1-2H3. The number of Topliss-reactive ketones (excluding diaryl/α,β-unsaturated/α-hetero) is 1. The third-order valence-corrected chi connectivity index (χ3v) is 3.93. The Kier molecular flexibility index (Phi) is 5.15. The van der Waals surface area contributed by atoms with Crippen molar-refractivity contribution in [3.63, 3.8) is 0 Å². The number of likely N-dealkylation sites (tertiary alicyclic amines) is 1. The Morgan fingerprint density at radius 1 is 1.45 bits per heavy atom. The second kappa shape index (κ2) is 6.86. The van der Waals surface area contributed by atoms with E-state index in [2.05, 4.69) is 11.8 Å². The van der Waals surface area contributed by atoms with E-state index < -0.39 is 0 Å². The molecule has 2 atom stereocenters. The Balaban J connectivity index is 1.83. The van der Waals surface area contributed by atoms with Crippen molar-refractivity contribution in [1.82, 2.24) is 4.90 Å². The lowest BCUT2D eigenvalue weighted by Gasteiger charge is -2.34. The normalized spacial score (nSPS) is 23.6. The van der Waals surface area contributed by atoms with Crippen molar-refractivity contribution in [3.05, 3.63) is 29.8 Å². The van der Waals surface area contributed by atoms with Crippen LogP contribution >= 0.6 is 0 Å². The number of nitrogens with zero attached hydrogens (tertiary/aromatic N) is 1. The van der Waals surface area contributed by atoms with Crippen LogP contribution in [0.5, 0.6) is 5.75 Å². The number of ether oxygens (including phenoxy) is 1. The maximum atomic E-state index is 11.5. The summed E-state index contributed by atoms with van der Waals surface area (Å²) in [7, 11) is 0. The molecule has 1 saturated heterocycles. The van der Waals surface area contributed by atoms with Crippen molar-refractivity contribution in [2.24, 2.45) is 5.92 Å². The van der Waals surface area contributed by atoms with Crippen LogP contribution < -0.4 is 4.74 Å². The average molecular weight is 277 g/mol. The van der Waals surface area contributed by atoms with Crippen molar-refractivity contribution < 1.29 is 14.6 Å². The highest BCUT2D eigenvalue weighted by Gasteiger charge is 2.23. The number of carbonyl (C=O) groups is 1. The number of aliphatic hydroxyl groups is 1. The first-order valence-electron chi connectivity index (χ1n) is 7.21. The molecule has 1 aliphatic rings. The Labute approximate surface area is 120 Å². The maximum Gasteiger partial charge on any atom is 0.163 e. The molecular weight excluding hydrogens is 254 g/mol. The van der Waals surface area contributed by atoms with Gasteiger partial charge in [-0.2, -0.15) is 0 Å². The number of carbonyl (C=O) groups excluding carboxylic acids is 1. The third kappa shape index (κ3) is 3.81. The van der Waals surface area contributed by atoms with E-state index in [9.17, 15) is 9.90 Å². The van der Waals surface area contributed by atoms with Crippen LogP contribution in [0.1, 0.15) is 30.6 Å². The molecule has 2 rings (SSSR count). The minimum absolute atomic E-state index is 0.0165. The molecule has 1 aromatic rings. The molecule has 1 N–H and O–H groups in total. The molecule has 4 heteroatoms. The molecule has 0 amide bonds. The van der Waals surface area contributed by atoms with Crippen LogP contribution in [-0.4, -0.2) is 48.1 Å². The second-order valence-electron chi connectivity index (χ2n) is 5.53. The Morgan fingerprint density at radius 2 is 2.20 bits per heavy atom. The number of piperidine rings is 1. The lowest BCUT2D eigenvalue weighted by Crippen LogP contribution is -2.44. The molecule has 110 valence electrons. The number of para-hydroxylation sites is 1. The topological polar surface area (TPSA) is 49.8 Å². The first-order chi connectivity index (χ1) is 9.58. The van der Waals surface area contributed by atoms with Gasteiger partial charge in [0.25, 0.3) is 0 Å². The van der Waals surface area contributed by atoms with Gasteiger partial charge in [-0.1, -0.05) is 19.1 Å². The number of aliphatic hydroxyl groups excluding tert-OH is 1. The summed E-state index contributed by atoms with van der Waals surface area (Å²) in [5.74, 6) is 1.04. The second-order valence-corrected chi connectivity index (χ2v) is 5.53. The summed E-state index contributed by atoms with van der Waals surface area (Å²) in [6.45, 7) is 6.64. The zero-order chi connectivity index (χ0) is 14.5. The van der Waals surface area contributed by atoms with Gasteiger partial charge >= 0.3 is 0 Å². The maximum absolute atomic E-state index is 11.5. The van der Waals surface area contributed by atoms with Crippen molar-refractivity contribution in [1.29, 1.82) is 0 Å². The number of hydrogen-bond donors (Lipinski definition) is 1. The fourth-order valence-electron chi connectivity index (χ4n) is 2.49. The molecule has 20 heavy (non-hydrogen) atoms. The summed E-state index contributed by atoms with van der Waals surface area (Å²) < 4.78 is 5.72. The summed E-state index contributed by atoms with van der Waals surface area (Å²) >= 11 is 0. The van der Waals surface area contributed by atoms with Gasteiger partial charge in [0.2, 0.25) is 0 Å². The molecule has 0 bridgehead atoms. The van der Waals surface area contributed by atoms with E-state index in [0.717, 1.165) is 19.5 Å². The molecule has 1 aliphatic heterocycles. The van der Waals surface area contributed by atoms with Crippen molar-refractivity contribution in [2.45, 2.75) is 26.4 Å². The predicted octanol–water partition coefficient (Wildman–Crippen LogP) is 1.97. The fraction of sp³-hybridized carbons (Fsp3) is 0.562. The van der Waals surface area contributed by atoms with Gasteiger partial charge in [-0.25, -0.2) is 0 Å². The number of benzene rings is 1. The molecule has 1 heterocycles. The van der Waals surface area contributed by atoms with E-state index in [-0.39, 0.29) is 11.9 Å². The SMILES string of the molecule is CC(=O)c1ccccc1OCCN1CCC(C)C(O)C1. The fourth-order valence-corrected chi connectivity index (χ4v) is 2.49. The highest BCUT2D eigenvalue weighted by Crippen LogP contribution is 2.19. The molecule has 4 nitrogen and oxygen atoms in total. The highest BCUT2D eigenvalue weighted by atomic mass is 16.5. The van der Waals surface area contributed by atoms with E-state index in [1.54, 1.807) is 13.0 Å². The summed E-state index contributed by atoms with van der Waals surface area (Å²) in [6, 6.07) is 7.31. The first-order valence-corrected chi connectivity index (χ1v) is 7.21. The smallest absolute Gasteiger partial charge is 0.163 e. The number of β-amino-alcohol motifs (C(OH)–C–C–N with tert-alkyl or cyclic N) is 1. The minimum Gasteiger partial charge on any atom is -0.491 e. The minimum atomic E-state index is -0.242. The van der Waals surface area contributed by atoms with Crippen molar-refractivity contribution in [3.8, 4) is 5.75 Å². The van der Waals surface area contributed by atoms with E-state index in [1.807, 2.05) is 18.2 Å². The first kappa shape index (κ1) is 15.0. The van der Waals surface area contributed by atoms with E-state index >= 15 is 0 Å². The summed E-state index contributed by atoms with van der Waals surface area (Å²) in [5, 5.41) is 9.85. The predicted molar refractivity (Wildman–Crippen MR) is 78.2 cm³/mol. The lowest BCUT2D eigenvalue weighted by molar-refractivity contribution is 0.0244. The molecule has 1 aromatic carbocycles. The van der Waals surface area contributed by atoms with Gasteiger partial charge < -0.3 is 9.84 Å². The van der Waals surface area contributed by atoms with Crippen LogP contribution in [0.15, 0.2) is 24.3 Å². The van der Waals surface area contributed by atoms with Gasteiger partial charge in [-0.05, 0) is 37.9 Å². The largest absolute Gasteiger partial charge is 0.491 e. The molecule has 0 spiro atoms. The highest BCUT2D eigenvalue weighted by molar-refractivity contribution is 5.96. The number of rotatable bonds is 5. The van der Waals surface area contributed by atoms with Crippen molar-refractivity contribution in [2.75, 3.05) is 26.2 Å². The Hall–Kier alpha value is -1.39. The zero-order valence-electron chi connectivity index (χ0n) is 12.2. The van der Waals surface area contributed by atoms with E-state index in [1.165, 1.54) is 0 Å².